The van der Waals surface area contributed by atoms with E-state index in [0.29, 0.717) is 35.7 Å². The van der Waals surface area contributed by atoms with Gasteiger partial charge in [0, 0.05) is 60.7 Å². The van der Waals surface area contributed by atoms with Crippen molar-refractivity contribution in [1.82, 2.24) is 29.3 Å². The van der Waals surface area contributed by atoms with Crippen molar-refractivity contribution in [3.05, 3.63) is 54.1 Å². The average molecular weight is 654 g/mol. The minimum absolute atomic E-state index is 0.0339. The fourth-order valence-corrected chi connectivity index (χ4v) is 6.54. The number of benzene rings is 1. The summed E-state index contributed by atoms with van der Waals surface area (Å²) in [5, 5.41) is 11.7. The second kappa shape index (κ2) is 12.7. The summed E-state index contributed by atoms with van der Waals surface area (Å²) in [4.78, 5) is 60.2. The van der Waals surface area contributed by atoms with Crippen molar-refractivity contribution < 1.29 is 23.8 Å². The predicted molar refractivity (Wildman–Crippen MR) is 181 cm³/mol. The number of urea groups is 1. The summed E-state index contributed by atoms with van der Waals surface area (Å²) in [6, 6.07) is 8.48. The summed E-state index contributed by atoms with van der Waals surface area (Å²) in [6.45, 7) is 10.6. The minimum Gasteiger partial charge on any atom is -0.382 e. The Balaban J connectivity index is 1.25. The molecule has 1 atom stereocenters. The quantitative estimate of drug-likeness (QED) is 0.226. The van der Waals surface area contributed by atoms with E-state index in [-0.39, 0.29) is 29.6 Å². The van der Waals surface area contributed by atoms with Crippen LogP contribution in [0.4, 0.5) is 22.1 Å². The zero-order valence-electron chi connectivity index (χ0n) is 28.0. The Morgan fingerprint density at radius 1 is 1.06 bits per heavy atom. The zero-order valence-corrected chi connectivity index (χ0v) is 28.0. The lowest BCUT2D eigenvalue weighted by Crippen LogP contribution is -2.56. The maximum absolute atomic E-state index is 13.6. The molecular weight excluding hydrogens is 612 g/mol. The van der Waals surface area contributed by atoms with Crippen molar-refractivity contribution in [2.45, 2.75) is 59.4 Å². The molecule has 5 heterocycles. The van der Waals surface area contributed by atoms with Gasteiger partial charge in [0.25, 0.3) is 5.82 Å². The van der Waals surface area contributed by atoms with Crippen LogP contribution in [0.1, 0.15) is 57.7 Å². The molecule has 2 aliphatic heterocycles. The maximum Gasteiger partial charge on any atom is 0.507 e. The number of amides is 5. The van der Waals surface area contributed by atoms with E-state index in [9.17, 15) is 19.2 Å². The molecule has 4 aromatic rings. The van der Waals surface area contributed by atoms with Crippen molar-refractivity contribution >= 4 is 52.8 Å². The van der Waals surface area contributed by atoms with Crippen molar-refractivity contribution in [2.75, 3.05) is 29.0 Å². The van der Waals surface area contributed by atoms with Gasteiger partial charge >= 0.3 is 11.9 Å². The summed E-state index contributed by atoms with van der Waals surface area (Å²) in [6.07, 6.45) is 6.16. The summed E-state index contributed by atoms with van der Waals surface area (Å²) in [5.41, 5.74) is 10.9. The summed E-state index contributed by atoms with van der Waals surface area (Å²) >= 11 is 0. The van der Waals surface area contributed by atoms with Gasteiger partial charge in [-0.3, -0.25) is 14.3 Å². The van der Waals surface area contributed by atoms with E-state index in [2.05, 4.69) is 26.6 Å². The number of hydrogen-bond acceptors (Lipinski definition) is 8. The zero-order chi connectivity index (χ0) is 34.4. The normalized spacial score (nSPS) is 17.5. The summed E-state index contributed by atoms with van der Waals surface area (Å²) < 4.78 is 4.76. The number of piperidine rings is 1. The second-order valence-electron chi connectivity index (χ2n) is 13.1. The van der Waals surface area contributed by atoms with Crippen LogP contribution in [-0.4, -0.2) is 83.0 Å². The molecular formula is C34H41N10O4+. The molecule has 3 N–H and O–H groups in total. The molecule has 3 aromatic heterocycles. The van der Waals surface area contributed by atoms with Crippen LogP contribution in [0, 0.1) is 18.8 Å². The largest absolute Gasteiger partial charge is 0.507 e. The van der Waals surface area contributed by atoms with Crippen molar-refractivity contribution in [1.29, 1.82) is 0 Å². The van der Waals surface area contributed by atoms with E-state index < -0.39 is 23.8 Å². The van der Waals surface area contributed by atoms with Crippen LogP contribution in [-0.2, 0) is 21.4 Å². The van der Waals surface area contributed by atoms with E-state index in [4.69, 9.17) is 5.73 Å². The maximum atomic E-state index is 13.6. The van der Waals surface area contributed by atoms with Gasteiger partial charge in [0.15, 0.2) is 11.7 Å². The van der Waals surface area contributed by atoms with E-state index in [0.717, 1.165) is 34.6 Å². The molecule has 1 unspecified atom stereocenters. The van der Waals surface area contributed by atoms with Crippen LogP contribution in [0.3, 0.4) is 0 Å². The lowest BCUT2D eigenvalue weighted by Gasteiger charge is -2.33. The van der Waals surface area contributed by atoms with Crippen LogP contribution in [0.5, 0.6) is 0 Å². The van der Waals surface area contributed by atoms with Crippen LogP contribution < -0.4 is 16.0 Å². The number of likely N-dealkylation sites (tertiary alicyclic amines) is 1. The molecule has 0 saturated carbocycles. The molecule has 0 aliphatic carbocycles. The number of fused-ring (bicyclic) bond motifs is 1. The number of aryl methyl sites for hydroxylation is 2. The van der Waals surface area contributed by atoms with Gasteiger partial charge < -0.3 is 16.0 Å². The molecule has 1 aromatic carbocycles. The van der Waals surface area contributed by atoms with E-state index in [1.54, 1.807) is 32.3 Å². The van der Waals surface area contributed by atoms with Gasteiger partial charge in [0.05, 0.1) is 12.3 Å². The molecule has 1 saturated heterocycles. The topological polar surface area (TPSA) is 164 Å². The first-order valence-electron chi connectivity index (χ1n) is 16.2. The number of anilines is 3. The van der Waals surface area contributed by atoms with Crippen molar-refractivity contribution in [3.63, 3.8) is 0 Å². The molecule has 48 heavy (non-hydrogen) atoms. The van der Waals surface area contributed by atoms with Crippen molar-refractivity contribution in [2.24, 2.45) is 18.9 Å². The van der Waals surface area contributed by atoms with Gasteiger partial charge in [-0.2, -0.15) is 14.5 Å². The Kier molecular flexibility index (Phi) is 8.58. The standard InChI is InChI=1S/C34H40N10O4/c1-19(2)32(46)41-13-11-23(12-14-41)27-15-25(28-29(35)36-18-37-44(27)28)22-7-9-24(10-8-22)38-31(45)26-17-42(20(3)4)34(48)43(33(26)47)30-21(5)16-40(6)39-30/h7-10,15-20,23,26H,11-14H2,1-6H3,(H2-,35,36,37,38,45)/p+1. The molecule has 0 bridgehead atoms. The highest BCUT2D eigenvalue weighted by molar-refractivity contribution is 6.28. The van der Waals surface area contributed by atoms with Crippen LogP contribution in [0.2, 0.25) is 0 Å². The molecule has 14 nitrogen and oxygen atoms in total. The number of nitrogens with one attached hydrogen (secondary N) is 1. The molecule has 14 heteroatoms. The fourth-order valence-electron chi connectivity index (χ4n) is 6.54. The monoisotopic (exact) mass is 653 g/mol. The van der Waals surface area contributed by atoms with E-state index >= 15 is 0 Å². The van der Waals surface area contributed by atoms with Gasteiger partial charge in [0.2, 0.25) is 11.8 Å². The van der Waals surface area contributed by atoms with Gasteiger partial charge in [-0.25, -0.2) is 14.3 Å². The van der Waals surface area contributed by atoms with E-state index in [1.807, 2.05) is 49.2 Å². The molecule has 6 rings (SSSR count). The molecule has 0 spiro atoms. The third kappa shape index (κ3) is 5.82. The number of aromatic nitrogens is 5. The number of hydrogen-bond donors (Lipinski definition) is 2. The summed E-state index contributed by atoms with van der Waals surface area (Å²) in [7, 11) is 1.70. The Morgan fingerprint density at radius 3 is 2.35 bits per heavy atom. The van der Waals surface area contributed by atoms with Gasteiger partial charge in [-0.1, -0.05) is 26.0 Å². The third-order valence-corrected chi connectivity index (χ3v) is 9.04. The Bertz CT molecular complexity index is 1950. The lowest BCUT2D eigenvalue weighted by molar-refractivity contribution is -0.459. The minimum atomic E-state index is -1.25. The Hall–Kier alpha value is -5.40. The SMILES string of the molecule is Cc1cn(C)nc1N1C(=O)C(C(=O)Nc2ccc(-c3cc(C4CCN(C(=O)C(C)C)CC4)n4ncnc(N)c34)cc2)C=[N+](C(C)C)C1=O. The highest BCUT2D eigenvalue weighted by atomic mass is 16.2. The Labute approximate surface area is 278 Å². The van der Waals surface area contributed by atoms with Crippen LogP contribution >= 0.6 is 0 Å². The highest BCUT2D eigenvalue weighted by Gasteiger charge is 2.49. The molecule has 2 aliphatic rings. The molecule has 0 radical (unpaired) electrons. The number of carbonyl (C=O) groups excluding carboxylic acids is 4. The summed E-state index contributed by atoms with van der Waals surface area (Å²) in [5.74, 6) is -1.62. The molecule has 1 fully saturated rings. The number of nitrogens with two attached hydrogens (primary N) is 1. The lowest BCUT2D eigenvalue weighted by atomic mass is 9.92. The Morgan fingerprint density at radius 2 is 1.75 bits per heavy atom. The van der Waals surface area contributed by atoms with Gasteiger partial charge in [0.1, 0.15) is 11.8 Å². The van der Waals surface area contributed by atoms with Crippen molar-refractivity contribution in [3.8, 4) is 11.1 Å². The number of nitrogen functional groups attached to an aromatic ring is 1. The highest BCUT2D eigenvalue weighted by Crippen LogP contribution is 2.37. The first-order valence-corrected chi connectivity index (χ1v) is 16.2. The predicted octanol–water partition coefficient (Wildman–Crippen LogP) is 3.60. The molecule has 5 amide bonds. The number of carbonyl (C=O) groups is 4. The average Bonchev–Trinajstić information content (AvgIpc) is 3.61. The third-order valence-electron chi connectivity index (χ3n) is 9.04. The fraction of sp³-hybridized carbons (Fsp3) is 0.412. The van der Waals surface area contributed by atoms with Crippen LogP contribution in [0.25, 0.3) is 16.6 Å². The van der Waals surface area contributed by atoms with Gasteiger partial charge in [-0.15, -0.1) is 10.00 Å². The number of rotatable bonds is 7. The molecule has 250 valence electrons. The van der Waals surface area contributed by atoms with Crippen LogP contribution in [0.15, 0.2) is 42.9 Å². The first kappa shape index (κ1) is 32.5. The van der Waals surface area contributed by atoms with E-state index in [1.165, 1.54) is 21.8 Å². The number of nitrogens with zero attached hydrogens (tertiary/aromatic N) is 8. The first-order chi connectivity index (χ1) is 22.8. The smallest absolute Gasteiger partial charge is 0.382 e. The number of imide groups is 1. The second-order valence-corrected chi connectivity index (χ2v) is 13.1. The van der Waals surface area contributed by atoms with Gasteiger partial charge in [-0.05, 0) is 57.4 Å².